The van der Waals surface area contributed by atoms with Crippen LogP contribution in [-0.4, -0.2) is 23.2 Å². The molecule has 0 radical (unpaired) electrons. The molecule has 0 aliphatic heterocycles. The average molecular weight is 300 g/mol. The van der Waals surface area contributed by atoms with E-state index in [-0.39, 0.29) is 11.5 Å². The van der Waals surface area contributed by atoms with Gasteiger partial charge in [-0.1, -0.05) is 30.3 Å². The number of hydrogen-bond acceptors (Lipinski definition) is 3. The molecule has 0 aromatic heterocycles. The molecule has 0 fully saturated rings. The van der Waals surface area contributed by atoms with E-state index in [0.717, 1.165) is 11.1 Å². The van der Waals surface area contributed by atoms with Crippen LogP contribution in [-0.2, 0) is 0 Å². The van der Waals surface area contributed by atoms with Gasteiger partial charge in [-0.15, -0.1) is 5.10 Å². The molecule has 0 aliphatic rings. The van der Waals surface area contributed by atoms with Crippen LogP contribution < -0.4 is 11.5 Å². The van der Waals surface area contributed by atoms with Gasteiger partial charge in [-0.25, -0.2) is 9.18 Å². The smallest absolute Gasteiger partial charge is 0.338 e. The molecule has 7 heteroatoms. The lowest BCUT2D eigenvalue weighted by Gasteiger charge is -2.04. The highest BCUT2D eigenvalue weighted by atomic mass is 19.1. The second kappa shape index (κ2) is 6.49. The van der Waals surface area contributed by atoms with Gasteiger partial charge in [-0.3, -0.25) is 0 Å². The summed E-state index contributed by atoms with van der Waals surface area (Å²) in [6.07, 6.45) is 1.47. The molecule has 112 valence electrons. The van der Waals surface area contributed by atoms with Gasteiger partial charge in [-0.2, -0.15) is 5.10 Å². The van der Waals surface area contributed by atoms with E-state index in [1.165, 1.54) is 18.3 Å². The van der Waals surface area contributed by atoms with Crippen LogP contribution in [0.3, 0.4) is 0 Å². The van der Waals surface area contributed by atoms with Crippen molar-refractivity contribution in [1.82, 2.24) is 0 Å². The fraction of sp³-hybridized carbons (Fsp3) is 0. The summed E-state index contributed by atoms with van der Waals surface area (Å²) in [5, 5.41) is 16.0. The largest absolute Gasteiger partial charge is 0.478 e. The number of guanidine groups is 1. The monoisotopic (exact) mass is 300 g/mol. The predicted molar refractivity (Wildman–Crippen MR) is 82.2 cm³/mol. The van der Waals surface area contributed by atoms with Crippen molar-refractivity contribution >= 4 is 18.1 Å². The summed E-state index contributed by atoms with van der Waals surface area (Å²) < 4.78 is 13.7. The molecule has 0 aliphatic carbocycles. The highest BCUT2D eigenvalue weighted by Crippen LogP contribution is 2.22. The van der Waals surface area contributed by atoms with Crippen LogP contribution >= 0.6 is 0 Å². The molecule has 0 amide bonds. The molecule has 0 saturated carbocycles. The normalized spacial score (nSPS) is 10.6. The van der Waals surface area contributed by atoms with Crippen LogP contribution in [0.2, 0.25) is 0 Å². The van der Waals surface area contributed by atoms with Crippen LogP contribution in [0.25, 0.3) is 11.1 Å². The van der Waals surface area contributed by atoms with E-state index < -0.39 is 11.8 Å². The summed E-state index contributed by atoms with van der Waals surface area (Å²) >= 11 is 0. The minimum atomic E-state index is -1.30. The summed E-state index contributed by atoms with van der Waals surface area (Å²) in [6.45, 7) is 0. The summed E-state index contributed by atoms with van der Waals surface area (Å²) in [5.74, 6) is -2.21. The van der Waals surface area contributed by atoms with Crippen LogP contribution in [0.15, 0.2) is 52.7 Å². The van der Waals surface area contributed by atoms with Gasteiger partial charge >= 0.3 is 5.97 Å². The molecule has 2 rings (SSSR count). The zero-order valence-electron chi connectivity index (χ0n) is 11.4. The van der Waals surface area contributed by atoms with E-state index in [4.69, 9.17) is 16.6 Å². The summed E-state index contributed by atoms with van der Waals surface area (Å²) in [4.78, 5) is 10.8. The van der Waals surface area contributed by atoms with Crippen molar-refractivity contribution in [3.05, 3.63) is 59.4 Å². The first-order valence-corrected chi connectivity index (χ1v) is 6.22. The fourth-order valence-corrected chi connectivity index (χ4v) is 1.79. The van der Waals surface area contributed by atoms with Crippen LogP contribution in [0.1, 0.15) is 15.9 Å². The first-order chi connectivity index (χ1) is 10.5. The second-order valence-corrected chi connectivity index (χ2v) is 4.39. The summed E-state index contributed by atoms with van der Waals surface area (Å²) in [5.41, 5.74) is 12.0. The highest BCUT2D eigenvalue weighted by Gasteiger charge is 2.10. The third-order valence-electron chi connectivity index (χ3n) is 2.82. The minimum Gasteiger partial charge on any atom is -0.478 e. The SMILES string of the molecule is NC(N)=NN=Cc1ccc(-c2ccc(C(=O)O)c(F)c2)cc1. The molecule has 2 aromatic rings. The zero-order valence-corrected chi connectivity index (χ0v) is 11.4. The van der Waals surface area contributed by atoms with E-state index >= 15 is 0 Å². The molecule has 22 heavy (non-hydrogen) atoms. The van der Waals surface area contributed by atoms with Gasteiger partial charge in [-0.05, 0) is 28.8 Å². The topological polar surface area (TPSA) is 114 Å². The van der Waals surface area contributed by atoms with Crippen molar-refractivity contribution in [2.75, 3.05) is 0 Å². The van der Waals surface area contributed by atoms with Gasteiger partial charge < -0.3 is 16.6 Å². The molecule has 0 atom stereocenters. The number of rotatable bonds is 4. The first-order valence-electron chi connectivity index (χ1n) is 6.22. The summed E-state index contributed by atoms with van der Waals surface area (Å²) in [7, 11) is 0. The number of halogens is 1. The molecular weight excluding hydrogens is 287 g/mol. The quantitative estimate of drug-likeness (QED) is 0.453. The van der Waals surface area contributed by atoms with Crippen LogP contribution in [0.5, 0.6) is 0 Å². The van der Waals surface area contributed by atoms with E-state index in [9.17, 15) is 9.18 Å². The lowest BCUT2D eigenvalue weighted by atomic mass is 10.0. The van der Waals surface area contributed by atoms with Crippen molar-refractivity contribution < 1.29 is 14.3 Å². The lowest BCUT2D eigenvalue weighted by molar-refractivity contribution is 0.0692. The molecule has 2 aromatic carbocycles. The highest BCUT2D eigenvalue weighted by molar-refractivity contribution is 5.89. The van der Waals surface area contributed by atoms with Crippen molar-refractivity contribution in [1.29, 1.82) is 0 Å². The molecule has 0 bridgehead atoms. The Balaban J connectivity index is 2.24. The molecule has 5 N–H and O–H groups in total. The first kappa shape index (κ1) is 15.2. The maximum atomic E-state index is 13.7. The molecule has 0 saturated heterocycles. The van der Waals surface area contributed by atoms with Gasteiger partial charge in [0.2, 0.25) is 5.96 Å². The van der Waals surface area contributed by atoms with Gasteiger partial charge in [0.05, 0.1) is 11.8 Å². The Morgan fingerprint density at radius 1 is 1.09 bits per heavy atom. The van der Waals surface area contributed by atoms with Crippen LogP contribution in [0, 0.1) is 5.82 Å². The number of nitrogens with two attached hydrogens (primary N) is 2. The molecular formula is C15H13FN4O2. The van der Waals surface area contributed by atoms with Crippen molar-refractivity contribution in [3.8, 4) is 11.1 Å². The van der Waals surface area contributed by atoms with Gasteiger partial charge in [0.25, 0.3) is 0 Å². The van der Waals surface area contributed by atoms with Gasteiger partial charge in [0, 0.05) is 0 Å². The Kier molecular flexibility index (Phi) is 4.47. The minimum absolute atomic E-state index is 0.137. The fourth-order valence-electron chi connectivity index (χ4n) is 1.79. The van der Waals surface area contributed by atoms with Crippen molar-refractivity contribution in [2.45, 2.75) is 0 Å². The summed E-state index contributed by atoms with van der Waals surface area (Å²) in [6, 6.07) is 11.0. The standard InChI is InChI=1S/C15H13FN4O2/c16-13-7-11(5-6-12(13)14(21)22)10-3-1-9(2-4-10)8-19-20-15(17)18/h1-8H,(H,21,22)(H4,17,18,20). The Morgan fingerprint density at radius 3 is 2.27 bits per heavy atom. The Hall–Kier alpha value is -3.22. The van der Waals surface area contributed by atoms with E-state index in [1.807, 2.05) is 0 Å². The number of hydrogen-bond donors (Lipinski definition) is 3. The van der Waals surface area contributed by atoms with E-state index in [2.05, 4.69) is 10.2 Å². The third kappa shape index (κ3) is 3.66. The number of benzene rings is 2. The molecule has 6 nitrogen and oxygen atoms in total. The predicted octanol–water partition coefficient (Wildman–Crippen LogP) is 1.80. The number of nitrogens with zero attached hydrogens (tertiary/aromatic N) is 2. The number of carboxylic acid groups (broad SMARTS) is 1. The number of carboxylic acids is 1. The molecule has 0 heterocycles. The van der Waals surface area contributed by atoms with E-state index in [1.54, 1.807) is 30.3 Å². The van der Waals surface area contributed by atoms with Crippen molar-refractivity contribution in [2.24, 2.45) is 21.7 Å². The number of carbonyl (C=O) groups is 1. The number of aromatic carboxylic acids is 1. The molecule has 0 unspecified atom stereocenters. The Bertz CT molecular complexity index is 751. The Labute approximate surface area is 125 Å². The van der Waals surface area contributed by atoms with E-state index in [0.29, 0.717) is 5.56 Å². The third-order valence-corrected chi connectivity index (χ3v) is 2.82. The average Bonchev–Trinajstić information content (AvgIpc) is 2.47. The lowest BCUT2D eigenvalue weighted by Crippen LogP contribution is -2.21. The van der Waals surface area contributed by atoms with Crippen LogP contribution in [0.4, 0.5) is 4.39 Å². The molecule has 0 spiro atoms. The maximum absolute atomic E-state index is 13.7. The van der Waals surface area contributed by atoms with Gasteiger partial charge in [0.15, 0.2) is 0 Å². The Morgan fingerprint density at radius 2 is 1.73 bits per heavy atom. The van der Waals surface area contributed by atoms with Crippen molar-refractivity contribution in [3.63, 3.8) is 0 Å². The van der Waals surface area contributed by atoms with Gasteiger partial charge in [0.1, 0.15) is 5.82 Å². The second-order valence-electron chi connectivity index (χ2n) is 4.39. The maximum Gasteiger partial charge on any atom is 0.338 e. The zero-order chi connectivity index (χ0) is 16.1.